The average Bonchev–Trinajstić information content (AvgIpc) is 2.26. The number of sulfone groups is 1. The molecule has 0 bridgehead atoms. The molecule has 17 heavy (non-hydrogen) atoms. The average molecular weight is 256 g/mol. The summed E-state index contributed by atoms with van der Waals surface area (Å²) < 4.78 is 27.7. The van der Waals surface area contributed by atoms with Gasteiger partial charge in [-0.2, -0.15) is 0 Å². The van der Waals surface area contributed by atoms with Crippen LogP contribution in [-0.4, -0.2) is 32.1 Å². The second kappa shape index (κ2) is 4.66. The molecule has 1 aliphatic heterocycles. The van der Waals surface area contributed by atoms with E-state index in [1.54, 1.807) is 12.1 Å². The van der Waals surface area contributed by atoms with Gasteiger partial charge in [0.2, 0.25) is 0 Å². The highest BCUT2D eigenvalue weighted by Gasteiger charge is 2.17. The van der Waals surface area contributed by atoms with Gasteiger partial charge in [-0.05, 0) is 36.1 Å². The first-order chi connectivity index (χ1) is 7.96. The summed E-state index contributed by atoms with van der Waals surface area (Å²) in [6, 6.07) is 5.36. The van der Waals surface area contributed by atoms with E-state index in [9.17, 15) is 13.5 Å². The highest BCUT2D eigenvalue weighted by atomic mass is 32.2. The number of hydrogen-bond donors (Lipinski definition) is 1. The zero-order valence-corrected chi connectivity index (χ0v) is 10.5. The second-order valence-electron chi connectivity index (χ2n) is 4.43. The van der Waals surface area contributed by atoms with Crippen molar-refractivity contribution in [1.29, 1.82) is 0 Å². The van der Waals surface area contributed by atoms with Crippen molar-refractivity contribution in [2.24, 2.45) is 0 Å². The van der Waals surface area contributed by atoms with E-state index in [1.807, 2.05) is 6.07 Å². The van der Waals surface area contributed by atoms with E-state index in [0.29, 0.717) is 5.56 Å². The van der Waals surface area contributed by atoms with Gasteiger partial charge in [-0.1, -0.05) is 6.07 Å². The second-order valence-corrected chi connectivity index (χ2v) is 6.61. The third-order valence-electron chi connectivity index (χ3n) is 2.78. The van der Waals surface area contributed by atoms with Crippen molar-refractivity contribution in [2.45, 2.75) is 18.9 Å². The molecule has 2 rings (SSSR count). The monoisotopic (exact) mass is 256 g/mol. The maximum absolute atomic E-state index is 11.1. The quantitative estimate of drug-likeness (QED) is 0.879. The summed E-state index contributed by atoms with van der Waals surface area (Å²) in [5.41, 5.74) is 1.68. The van der Waals surface area contributed by atoms with Crippen molar-refractivity contribution < 1.29 is 18.3 Å². The van der Waals surface area contributed by atoms with Crippen LogP contribution >= 0.6 is 0 Å². The van der Waals surface area contributed by atoms with Gasteiger partial charge in [0.1, 0.15) is 15.6 Å². The minimum absolute atomic E-state index is 0.243. The Balaban J connectivity index is 2.22. The molecule has 5 heteroatoms. The molecular formula is C12H16O4S. The van der Waals surface area contributed by atoms with E-state index in [2.05, 4.69) is 0 Å². The molecule has 0 aliphatic carbocycles. The SMILES string of the molecule is CS(=O)(=O)CC(O)c1ccc2c(c1)CCCO2. The number of ether oxygens (including phenoxy) is 1. The number of aliphatic hydroxyl groups excluding tert-OH is 1. The molecule has 1 atom stereocenters. The third kappa shape index (κ3) is 3.20. The fourth-order valence-electron chi connectivity index (χ4n) is 1.97. The Morgan fingerprint density at radius 3 is 2.94 bits per heavy atom. The van der Waals surface area contributed by atoms with E-state index in [1.165, 1.54) is 0 Å². The van der Waals surface area contributed by atoms with Crippen LogP contribution in [0.15, 0.2) is 18.2 Å². The van der Waals surface area contributed by atoms with Gasteiger partial charge in [0.25, 0.3) is 0 Å². The fraction of sp³-hybridized carbons (Fsp3) is 0.500. The van der Waals surface area contributed by atoms with Crippen molar-refractivity contribution in [3.05, 3.63) is 29.3 Å². The molecule has 0 fully saturated rings. The first kappa shape index (κ1) is 12.4. The van der Waals surface area contributed by atoms with Crippen molar-refractivity contribution in [2.75, 3.05) is 18.6 Å². The van der Waals surface area contributed by atoms with E-state index in [-0.39, 0.29) is 5.75 Å². The summed E-state index contributed by atoms with van der Waals surface area (Å²) in [4.78, 5) is 0. The molecule has 0 saturated carbocycles. The molecule has 1 aromatic rings. The van der Waals surface area contributed by atoms with Gasteiger partial charge in [0, 0.05) is 6.26 Å². The first-order valence-corrected chi connectivity index (χ1v) is 7.63. The molecule has 1 heterocycles. The minimum Gasteiger partial charge on any atom is -0.493 e. The van der Waals surface area contributed by atoms with Crippen LogP contribution < -0.4 is 4.74 Å². The normalized spacial score (nSPS) is 17.1. The van der Waals surface area contributed by atoms with Crippen LogP contribution in [-0.2, 0) is 16.3 Å². The molecule has 4 nitrogen and oxygen atoms in total. The lowest BCUT2D eigenvalue weighted by Gasteiger charge is -2.19. The third-order valence-corrected chi connectivity index (χ3v) is 3.70. The van der Waals surface area contributed by atoms with Crippen molar-refractivity contribution >= 4 is 9.84 Å². The van der Waals surface area contributed by atoms with Gasteiger partial charge < -0.3 is 9.84 Å². The van der Waals surface area contributed by atoms with Crippen LogP contribution in [0.25, 0.3) is 0 Å². The highest BCUT2D eigenvalue weighted by Crippen LogP contribution is 2.28. The number of hydrogen-bond acceptors (Lipinski definition) is 4. The van der Waals surface area contributed by atoms with Crippen LogP contribution in [0.5, 0.6) is 5.75 Å². The standard InChI is InChI=1S/C12H16O4S/c1-17(14,15)8-11(13)9-4-5-12-10(7-9)3-2-6-16-12/h4-5,7,11,13H,2-3,6,8H2,1H3. The molecule has 0 amide bonds. The summed E-state index contributed by atoms with van der Waals surface area (Å²) in [5.74, 6) is 0.596. The van der Waals surface area contributed by atoms with E-state index in [4.69, 9.17) is 4.74 Å². The number of rotatable bonds is 3. The molecule has 1 N–H and O–H groups in total. The Hall–Kier alpha value is -1.07. The number of aliphatic hydroxyl groups is 1. The summed E-state index contributed by atoms with van der Waals surface area (Å²) in [6.07, 6.45) is 2.03. The van der Waals surface area contributed by atoms with Crippen LogP contribution in [0.1, 0.15) is 23.7 Å². The maximum Gasteiger partial charge on any atom is 0.150 e. The zero-order chi connectivity index (χ0) is 12.5. The Bertz CT molecular complexity index is 507. The zero-order valence-electron chi connectivity index (χ0n) is 9.72. The smallest absolute Gasteiger partial charge is 0.150 e. The van der Waals surface area contributed by atoms with Gasteiger partial charge in [-0.15, -0.1) is 0 Å². The minimum atomic E-state index is -3.17. The van der Waals surface area contributed by atoms with Gasteiger partial charge >= 0.3 is 0 Å². The Morgan fingerprint density at radius 1 is 1.47 bits per heavy atom. The Labute approximate surface area is 101 Å². The summed E-state index contributed by atoms with van der Waals surface area (Å²) in [7, 11) is -3.17. The van der Waals surface area contributed by atoms with Gasteiger partial charge in [0.15, 0.2) is 0 Å². The van der Waals surface area contributed by atoms with Gasteiger partial charge in [0.05, 0.1) is 18.5 Å². The molecule has 0 spiro atoms. The lowest BCUT2D eigenvalue weighted by molar-refractivity contribution is 0.201. The first-order valence-electron chi connectivity index (χ1n) is 5.57. The predicted octanol–water partition coefficient (Wildman–Crippen LogP) is 1.09. The van der Waals surface area contributed by atoms with E-state index in [0.717, 1.165) is 37.0 Å². The van der Waals surface area contributed by atoms with E-state index >= 15 is 0 Å². The molecule has 0 radical (unpaired) electrons. The molecule has 0 saturated heterocycles. The molecule has 1 aliphatic rings. The van der Waals surface area contributed by atoms with Gasteiger partial charge in [-0.3, -0.25) is 0 Å². The summed E-state index contributed by atoms with van der Waals surface area (Å²) >= 11 is 0. The van der Waals surface area contributed by atoms with Crippen LogP contribution in [0.3, 0.4) is 0 Å². The highest BCUT2D eigenvalue weighted by molar-refractivity contribution is 7.90. The molecule has 94 valence electrons. The lowest BCUT2D eigenvalue weighted by Crippen LogP contribution is -2.14. The Kier molecular flexibility index (Phi) is 3.40. The van der Waals surface area contributed by atoms with Crippen LogP contribution in [0, 0.1) is 0 Å². The van der Waals surface area contributed by atoms with Crippen molar-refractivity contribution in [1.82, 2.24) is 0 Å². The number of benzene rings is 1. The lowest BCUT2D eigenvalue weighted by atomic mass is 10.0. The topological polar surface area (TPSA) is 63.6 Å². The largest absolute Gasteiger partial charge is 0.493 e. The summed E-state index contributed by atoms with van der Waals surface area (Å²) in [6.45, 7) is 0.720. The predicted molar refractivity (Wildman–Crippen MR) is 64.9 cm³/mol. The molecule has 0 aromatic heterocycles. The maximum atomic E-state index is 11.1. The summed E-state index contributed by atoms with van der Waals surface area (Å²) in [5, 5.41) is 9.84. The number of fused-ring (bicyclic) bond motifs is 1. The van der Waals surface area contributed by atoms with Gasteiger partial charge in [-0.25, -0.2) is 8.42 Å². The Morgan fingerprint density at radius 2 is 2.24 bits per heavy atom. The molecule has 1 aromatic carbocycles. The van der Waals surface area contributed by atoms with Crippen LogP contribution in [0.4, 0.5) is 0 Å². The number of aryl methyl sites for hydroxylation is 1. The fourth-order valence-corrected chi connectivity index (χ4v) is 2.74. The van der Waals surface area contributed by atoms with Crippen LogP contribution in [0.2, 0.25) is 0 Å². The molecular weight excluding hydrogens is 240 g/mol. The van der Waals surface area contributed by atoms with E-state index < -0.39 is 15.9 Å². The van der Waals surface area contributed by atoms with Crippen molar-refractivity contribution in [3.8, 4) is 5.75 Å². The van der Waals surface area contributed by atoms with Crippen molar-refractivity contribution in [3.63, 3.8) is 0 Å². The molecule has 1 unspecified atom stereocenters.